The quantitative estimate of drug-likeness (QED) is 0.873. The van der Waals surface area contributed by atoms with Crippen molar-refractivity contribution in [1.82, 2.24) is 9.88 Å². The van der Waals surface area contributed by atoms with Crippen molar-refractivity contribution in [3.63, 3.8) is 0 Å². The van der Waals surface area contributed by atoms with Crippen LogP contribution in [0.5, 0.6) is 0 Å². The molecule has 0 spiro atoms. The van der Waals surface area contributed by atoms with E-state index in [1.165, 1.54) is 4.70 Å². The monoisotopic (exact) mass is 236 g/mol. The van der Waals surface area contributed by atoms with Gasteiger partial charge in [0.15, 0.2) is 0 Å². The zero-order valence-corrected chi connectivity index (χ0v) is 10.6. The van der Waals surface area contributed by atoms with Gasteiger partial charge in [0.05, 0.1) is 10.2 Å². The first-order valence-corrected chi connectivity index (χ1v) is 6.39. The normalized spacial score (nSPS) is 11.2. The van der Waals surface area contributed by atoms with Crippen LogP contribution in [0.2, 0.25) is 0 Å². The first-order chi connectivity index (χ1) is 7.65. The zero-order chi connectivity index (χ0) is 11.7. The van der Waals surface area contributed by atoms with Crippen LogP contribution in [0.15, 0.2) is 17.5 Å². The summed E-state index contributed by atoms with van der Waals surface area (Å²) < 4.78 is 3.27. The molecule has 0 saturated carbocycles. The summed E-state index contributed by atoms with van der Waals surface area (Å²) >= 11 is 1.67. The van der Waals surface area contributed by atoms with Crippen LogP contribution >= 0.6 is 11.3 Å². The maximum atomic E-state index is 11.9. The van der Waals surface area contributed by atoms with Crippen molar-refractivity contribution in [3.8, 4) is 0 Å². The van der Waals surface area contributed by atoms with Gasteiger partial charge in [-0.15, -0.1) is 11.3 Å². The van der Waals surface area contributed by atoms with E-state index in [9.17, 15) is 4.79 Å². The second kappa shape index (κ2) is 4.29. The molecule has 0 aliphatic rings. The lowest BCUT2D eigenvalue weighted by molar-refractivity contribution is 0.0945. The molecule has 0 saturated heterocycles. The lowest BCUT2D eigenvalue weighted by atomic mass is 10.3. The summed E-state index contributed by atoms with van der Waals surface area (Å²) in [6.07, 6.45) is 0. The second-order valence-electron chi connectivity index (χ2n) is 4.02. The fraction of sp³-hybridized carbons (Fsp3) is 0.417. The zero-order valence-electron chi connectivity index (χ0n) is 9.78. The van der Waals surface area contributed by atoms with E-state index in [2.05, 4.69) is 35.2 Å². The molecule has 86 valence electrons. The molecule has 2 aromatic rings. The van der Waals surface area contributed by atoms with Crippen LogP contribution in [0.4, 0.5) is 0 Å². The van der Waals surface area contributed by atoms with Gasteiger partial charge in [-0.2, -0.15) is 0 Å². The number of rotatable bonds is 3. The van der Waals surface area contributed by atoms with Crippen molar-refractivity contribution in [2.75, 3.05) is 6.54 Å². The Hall–Kier alpha value is -1.29. The Kier molecular flexibility index (Phi) is 3.01. The molecule has 0 bridgehead atoms. The summed E-state index contributed by atoms with van der Waals surface area (Å²) in [5.74, 6) is 0.0135. The van der Waals surface area contributed by atoms with Gasteiger partial charge in [-0.1, -0.05) is 0 Å². The molecule has 0 aliphatic carbocycles. The third-order valence-electron chi connectivity index (χ3n) is 2.55. The number of amides is 1. The molecule has 0 aliphatic heterocycles. The molecule has 3 nitrogen and oxygen atoms in total. The molecule has 4 heteroatoms. The number of thiophene rings is 1. The highest BCUT2D eigenvalue weighted by atomic mass is 32.1. The van der Waals surface area contributed by atoms with Gasteiger partial charge in [0.2, 0.25) is 0 Å². The molecule has 0 atom stereocenters. The molecule has 0 unspecified atom stereocenters. The molecule has 0 aromatic carbocycles. The summed E-state index contributed by atoms with van der Waals surface area (Å²) in [4.78, 5) is 11.9. The van der Waals surface area contributed by atoms with E-state index in [1.54, 1.807) is 11.3 Å². The number of hydrogen-bond donors (Lipinski definition) is 1. The van der Waals surface area contributed by atoms with Crippen molar-refractivity contribution in [1.29, 1.82) is 0 Å². The van der Waals surface area contributed by atoms with E-state index in [4.69, 9.17) is 0 Å². The number of carbonyl (C=O) groups is 1. The van der Waals surface area contributed by atoms with Gasteiger partial charge in [-0.05, 0) is 38.3 Å². The number of hydrogen-bond acceptors (Lipinski definition) is 2. The number of aromatic nitrogens is 1. The third kappa shape index (κ3) is 1.73. The maximum absolute atomic E-state index is 11.9. The first kappa shape index (κ1) is 11.2. The van der Waals surface area contributed by atoms with E-state index in [0.29, 0.717) is 12.6 Å². The Balaban J connectivity index is 2.55. The van der Waals surface area contributed by atoms with E-state index in [0.717, 1.165) is 11.2 Å². The van der Waals surface area contributed by atoms with E-state index >= 15 is 0 Å². The fourth-order valence-electron chi connectivity index (χ4n) is 1.93. The summed E-state index contributed by atoms with van der Waals surface area (Å²) in [6, 6.07) is 4.35. The maximum Gasteiger partial charge on any atom is 0.267 e. The SMILES string of the molecule is CCNC(=O)c1cc2sccc2n1C(C)C. The van der Waals surface area contributed by atoms with Crippen molar-refractivity contribution in [2.24, 2.45) is 0 Å². The van der Waals surface area contributed by atoms with E-state index in [1.807, 2.05) is 13.0 Å². The molecule has 0 radical (unpaired) electrons. The second-order valence-corrected chi connectivity index (χ2v) is 4.97. The highest BCUT2D eigenvalue weighted by molar-refractivity contribution is 7.17. The molecular formula is C12H16N2OS. The first-order valence-electron chi connectivity index (χ1n) is 5.51. The highest BCUT2D eigenvalue weighted by Gasteiger charge is 2.17. The van der Waals surface area contributed by atoms with E-state index < -0.39 is 0 Å². The number of fused-ring (bicyclic) bond motifs is 1. The fourth-order valence-corrected chi connectivity index (χ4v) is 2.74. The van der Waals surface area contributed by atoms with Crippen LogP contribution in [0, 0.1) is 0 Å². The van der Waals surface area contributed by atoms with Gasteiger partial charge in [0.1, 0.15) is 5.69 Å². The van der Waals surface area contributed by atoms with Gasteiger partial charge in [0, 0.05) is 12.6 Å². The minimum absolute atomic E-state index is 0.0135. The van der Waals surface area contributed by atoms with Crippen molar-refractivity contribution in [2.45, 2.75) is 26.8 Å². The summed E-state index contributed by atoms with van der Waals surface area (Å²) in [6.45, 7) is 6.79. The minimum Gasteiger partial charge on any atom is -0.351 e. The van der Waals surface area contributed by atoms with Crippen LogP contribution in [-0.2, 0) is 0 Å². The lowest BCUT2D eigenvalue weighted by Crippen LogP contribution is -2.25. The van der Waals surface area contributed by atoms with Gasteiger partial charge in [-0.25, -0.2) is 0 Å². The molecular weight excluding hydrogens is 220 g/mol. The molecule has 2 rings (SSSR count). The lowest BCUT2D eigenvalue weighted by Gasteiger charge is -2.13. The average Bonchev–Trinajstić information content (AvgIpc) is 2.74. The highest BCUT2D eigenvalue weighted by Crippen LogP contribution is 2.28. The number of nitrogens with one attached hydrogen (secondary N) is 1. The smallest absolute Gasteiger partial charge is 0.267 e. The van der Waals surface area contributed by atoms with Crippen molar-refractivity contribution < 1.29 is 4.79 Å². The predicted octanol–water partition coefficient (Wildman–Crippen LogP) is 3.03. The topological polar surface area (TPSA) is 34.0 Å². The summed E-state index contributed by atoms with van der Waals surface area (Å²) in [7, 11) is 0. The summed E-state index contributed by atoms with van der Waals surface area (Å²) in [5, 5.41) is 4.91. The minimum atomic E-state index is 0.0135. The number of carbonyl (C=O) groups excluding carboxylic acids is 1. The largest absolute Gasteiger partial charge is 0.351 e. The van der Waals surface area contributed by atoms with Crippen molar-refractivity contribution >= 4 is 27.5 Å². The summed E-state index contributed by atoms with van der Waals surface area (Å²) in [5.41, 5.74) is 1.92. The molecule has 16 heavy (non-hydrogen) atoms. The van der Waals surface area contributed by atoms with Crippen molar-refractivity contribution in [3.05, 3.63) is 23.2 Å². The van der Waals surface area contributed by atoms with Crippen LogP contribution < -0.4 is 5.32 Å². The third-order valence-corrected chi connectivity index (χ3v) is 3.40. The Morgan fingerprint density at radius 2 is 2.31 bits per heavy atom. The molecule has 1 N–H and O–H groups in total. The van der Waals surface area contributed by atoms with Gasteiger partial charge < -0.3 is 9.88 Å². The Morgan fingerprint density at radius 3 is 2.94 bits per heavy atom. The van der Waals surface area contributed by atoms with Crippen LogP contribution in [0.25, 0.3) is 10.2 Å². The Labute approximate surface area is 99.1 Å². The standard InChI is InChI=1S/C12H16N2OS/c1-4-13-12(15)10-7-11-9(5-6-16-11)14(10)8(2)3/h5-8H,4H2,1-3H3,(H,13,15). The average molecular weight is 236 g/mol. The molecule has 2 heterocycles. The van der Waals surface area contributed by atoms with Gasteiger partial charge >= 0.3 is 0 Å². The van der Waals surface area contributed by atoms with E-state index in [-0.39, 0.29) is 5.91 Å². The Morgan fingerprint density at radius 1 is 1.56 bits per heavy atom. The molecule has 0 fully saturated rings. The van der Waals surface area contributed by atoms with Crippen LogP contribution in [-0.4, -0.2) is 17.0 Å². The molecule has 2 aromatic heterocycles. The predicted molar refractivity (Wildman–Crippen MR) is 68.2 cm³/mol. The Bertz CT molecular complexity index is 510. The van der Waals surface area contributed by atoms with Crippen LogP contribution in [0.3, 0.4) is 0 Å². The number of nitrogens with zero attached hydrogens (tertiary/aromatic N) is 1. The molecule has 1 amide bonds. The van der Waals surface area contributed by atoms with Gasteiger partial charge in [0.25, 0.3) is 5.91 Å². The van der Waals surface area contributed by atoms with Gasteiger partial charge in [-0.3, -0.25) is 4.79 Å². The van der Waals surface area contributed by atoms with Crippen LogP contribution in [0.1, 0.15) is 37.3 Å².